The van der Waals surface area contributed by atoms with Gasteiger partial charge in [0.15, 0.2) is 0 Å². The van der Waals surface area contributed by atoms with E-state index in [1.165, 1.54) is 11.3 Å². The van der Waals surface area contributed by atoms with Crippen LogP contribution in [0.4, 0.5) is 0 Å². The van der Waals surface area contributed by atoms with E-state index >= 15 is 0 Å². The van der Waals surface area contributed by atoms with Crippen molar-refractivity contribution in [2.75, 3.05) is 6.54 Å². The summed E-state index contributed by atoms with van der Waals surface area (Å²) < 4.78 is 0.991. The number of hydrogen-bond donors (Lipinski definition) is 1. The van der Waals surface area contributed by atoms with Gasteiger partial charge in [0.1, 0.15) is 0 Å². The van der Waals surface area contributed by atoms with Gasteiger partial charge in [-0.1, -0.05) is 0 Å². The van der Waals surface area contributed by atoms with Gasteiger partial charge in [-0.25, -0.2) is 0 Å². The van der Waals surface area contributed by atoms with Gasteiger partial charge in [0.2, 0.25) is 0 Å². The number of carbonyl (C=O) groups excluding carboxylic acids is 1. The molecular weight excluding hydrogens is 322 g/mol. The molecule has 1 aliphatic carbocycles. The highest BCUT2D eigenvalue weighted by Crippen LogP contribution is 2.27. The lowest BCUT2D eigenvalue weighted by Crippen LogP contribution is -2.31. The summed E-state index contributed by atoms with van der Waals surface area (Å²) in [5.74, 6) is 0.631. The van der Waals surface area contributed by atoms with Crippen LogP contribution >= 0.6 is 38.9 Å². The van der Waals surface area contributed by atoms with E-state index in [1.807, 2.05) is 12.1 Å². The molecule has 1 aromatic heterocycles. The van der Waals surface area contributed by atoms with Crippen LogP contribution in [0.25, 0.3) is 0 Å². The van der Waals surface area contributed by atoms with E-state index in [0.717, 1.165) is 40.9 Å². The van der Waals surface area contributed by atoms with Crippen LogP contribution in [0.5, 0.6) is 0 Å². The van der Waals surface area contributed by atoms with E-state index in [0.29, 0.717) is 11.3 Å². The molecule has 2 rings (SSSR count). The molecule has 0 bridgehead atoms. The third-order valence-electron chi connectivity index (χ3n) is 3.12. The van der Waals surface area contributed by atoms with Crippen LogP contribution in [0.1, 0.15) is 35.4 Å². The van der Waals surface area contributed by atoms with Crippen molar-refractivity contribution in [3.05, 3.63) is 20.8 Å². The molecule has 0 unspecified atom stereocenters. The zero-order valence-electron chi connectivity index (χ0n) is 9.42. The summed E-state index contributed by atoms with van der Waals surface area (Å²) in [7, 11) is 0. The van der Waals surface area contributed by atoms with Crippen molar-refractivity contribution < 1.29 is 4.79 Å². The summed E-state index contributed by atoms with van der Waals surface area (Å²) in [5, 5.41) is 3.35. The Morgan fingerprint density at radius 3 is 2.71 bits per heavy atom. The minimum atomic E-state index is 0.0358. The van der Waals surface area contributed by atoms with Crippen molar-refractivity contribution >= 4 is 44.8 Å². The van der Waals surface area contributed by atoms with Crippen molar-refractivity contribution in [1.82, 2.24) is 5.32 Å². The average molecular weight is 337 g/mol. The van der Waals surface area contributed by atoms with Gasteiger partial charge in [-0.3, -0.25) is 4.79 Å². The molecule has 2 nitrogen and oxygen atoms in total. The highest BCUT2D eigenvalue weighted by atomic mass is 79.9. The zero-order valence-corrected chi connectivity index (χ0v) is 12.6. The van der Waals surface area contributed by atoms with Crippen LogP contribution in [0.3, 0.4) is 0 Å². The maximum Gasteiger partial charge on any atom is 0.261 e. The topological polar surface area (TPSA) is 29.1 Å². The van der Waals surface area contributed by atoms with Gasteiger partial charge >= 0.3 is 0 Å². The molecule has 0 atom stereocenters. The molecule has 1 aromatic rings. The van der Waals surface area contributed by atoms with Crippen molar-refractivity contribution in [3.63, 3.8) is 0 Å². The average Bonchev–Trinajstić information content (AvgIpc) is 2.75. The number of hydrogen-bond acceptors (Lipinski definition) is 2. The Morgan fingerprint density at radius 2 is 2.12 bits per heavy atom. The minimum absolute atomic E-state index is 0.0358. The molecule has 0 aliphatic heterocycles. The maximum absolute atomic E-state index is 11.8. The molecule has 17 heavy (non-hydrogen) atoms. The molecule has 1 heterocycles. The molecule has 1 saturated carbocycles. The van der Waals surface area contributed by atoms with Gasteiger partial charge in [-0.05, 0) is 59.7 Å². The summed E-state index contributed by atoms with van der Waals surface area (Å²) in [6, 6.07) is 3.75. The molecule has 1 amide bonds. The Bertz CT molecular complexity index is 388. The summed E-state index contributed by atoms with van der Waals surface area (Å²) in [6.45, 7) is 0.776. The number of amides is 1. The standard InChI is InChI=1S/C12H15BrClNOS/c13-11-6-5-10(17-11)12(16)15-7-8-1-3-9(14)4-2-8/h5-6,8-9H,1-4,7H2,(H,15,16). The van der Waals surface area contributed by atoms with E-state index in [9.17, 15) is 4.79 Å². The molecular formula is C12H15BrClNOS. The molecule has 0 spiro atoms. The smallest absolute Gasteiger partial charge is 0.261 e. The molecule has 1 fully saturated rings. The molecule has 1 aliphatic rings. The van der Waals surface area contributed by atoms with Crippen molar-refractivity contribution in [2.24, 2.45) is 5.92 Å². The second-order valence-corrected chi connectivity index (χ2v) is 7.51. The Balaban J connectivity index is 1.76. The number of halogens is 2. The second-order valence-electron chi connectivity index (χ2n) is 4.43. The van der Waals surface area contributed by atoms with E-state index in [2.05, 4.69) is 21.2 Å². The van der Waals surface area contributed by atoms with Gasteiger partial charge in [0, 0.05) is 11.9 Å². The normalized spacial score (nSPS) is 24.6. The third-order valence-corrected chi connectivity index (χ3v) is 5.18. The Kier molecular flexibility index (Phi) is 4.88. The van der Waals surface area contributed by atoms with Crippen LogP contribution in [-0.4, -0.2) is 17.8 Å². The zero-order chi connectivity index (χ0) is 12.3. The molecule has 0 radical (unpaired) electrons. The lowest BCUT2D eigenvalue weighted by Gasteiger charge is -2.24. The summed E-state index contributed by atoms with van der Waals surface area (Å²) in [5.41, 5.74) is 0. The predicted molar refractivity (Wildman–Crippen MR) is 76.0 cm³/mol. The third kappa shape index (κ3) is 3.97. The van der Waals surface area contributed by atoms with Crippen molar-refractivity contribution in [3.8, 4) is 0 Å². The first-order chi connectivity index (χ1) is 8.15. The monoisotopic (exact) mass is 335 g/mol. The first-order valence-corrected chi connectivity index (χ1v) is 7.87. The van der Waals surface area contributed by atoms with Gasteiger partial charge in [0.05, 0.1) is 8.66 Å². The first-order valence-electron chi connectivity index (χ1n) is 5.83. The van der Waals surface area contributed by atoms with Gasteiger partial charge < -0.3 is 5.32 Å². The molecule has 0 saturated heterocycles. The van der Waals surface area contributed by atoms with E-state index < -0.39 is 0 Å². The van der Waals surface area contributed by atoms with E-state index in [1.54, 1.807) is 0 Å². The largest absolute Gasteiger partial charge is 0.351 e. The van der Waals surface area contributed by atoms with E-state index in [-0.39, 0.29) is 5.91 Å². The molecule has 0 aromatic carbocycles. The van der Waals surface area contributed by atoms with Crippen molar-refractivity contribution in [2.45, 2.75) is 31.1 Å². The first kappa shape index (κ1) is 13.4. The number of rotatable bonds is 3. The highest BCUT2D eigenvalue weighted by Gasteiger charge is 2.20. The Labute approximate surface area is 119 Å². The summed E-state index contributed by atoms with van der Waals surface area (Å²) in [6.07, 6.45) is 4.41. The Hall–Kier alpha value is -0.0600. The number of alkyl halides is 1. The van der Waals surface area contributed by atoms with E-state index in [4.69, 9.17) is 11.6 Å². The van der Waals surface area contributed by atoms with Crippen LogP contribution in [0.15, 0.2) is 15.9 Å². The fourth-order valence-corrected chi connectivity index (χ4v) is 3.64. The van der Waals surface area contributed by atoms with Crippen LogP contribution < -0.4 is 5.32 Å². The lowest BCUT2D eigenvalue weighted by molar-refractivity contribution is 0.0948. The predicted octanol–water partition coefficient (Wildman–Crippen LogP) is 4.04. The quantitative estimate of drug-likeness (QED) is 0.829. The van der Waals surface area contributed by atoms with Crippen LogP contribution in [0.2, 0.25) is 0 Å². The highest BCUT2D eigenvalue weighted by molar-refractivity contribution is 9.11. The van der Waals surface area contributed by atoms with Gasteiger partial charge in [-0.15, -0.1) is 22.9 Å². The summed E-state index contributed by atoms with van der Waals surface area (Å²) >= 11 is 10.9. The Morgan fingerprint density at radius 1 is 1.41 bits per heavy atom. The van der Waals surface area contributed by atoms with Crippen LogP contribution in [0, 0.1) is 5.92 Å². The second kappa shape index (κ2) is 6.21. The van der Waals surface area contributed by atoms with Crippen LogP contribution in [-0.2, 0) is 0 Å². The van der Waals surface area contributed by atoms with Gasteiger partial charge in [-0.2, -0.15) is 0 Å². The molecule has 94 valence electrons. The molecule has 1 N–H and O–H groups in total. The number of carbonyl (C=O) groups is 1. The minimum Gasteiger partial charge on any atom is -0.351 e. The fraction of sp³-hybridized carbons (Fsp3) is 0.583. The SMILES string of the molecule is O=C(NCC1CCC(Cl)CC1)c1ccc(Br)s1. The summed E-state index contributed by atoms with van der Waals surface area (Å²) in [4.78, 5) is 12.6. The maximum atomic E-state index is 11.8. The number of nitrogens with one attached hydrogen (secondary N) is 1. The molecule has 5 heteroatoms. The fourth-order valence-electron chi connectivity index (χ4n) is 2.09. The van der Waals surface area contributed by atoms with Crippen molar-refractivity contribution in [1.29, 1.82) is 0 Å². The number of thiophene rings is 1. The van der Waals surface area contributed by atoms with Gasteiger partial charge in [0.25, 0.3) is 5.91 Å². The lowest BCUT2D eigenvalue weighted by atomic mass is 9.89.